The minimum Gasteiger partial charge on any atom is -0.493 e. The Morgan fingerprint density at radius 1 is 1.00 bits per heavy atom. The quantitative estimate of drug-likeness (QED) is 0.715. The van der Waals surface area contributed by atoms with Crippen LogP contribution in [0.4, 0.5) is 0 Å². The van der Waals surface area contributed by atoms with Crippen molar-refractivity contribution in [2.75, 3.05) is 13.7 Å². The van der Waals surface area contributed by atoms with E-state index in [0.717, 1.165) is 16.9 Å². The second-order valence-corrected chi connectivity index (χ2v) is 5.61. The van der Waals surface area contributed by atoms with Crippen LogP contribution in [0.1, 0.15) is 23.6 Å². The molecule has 0 radical (unpaired) electrons. The van der Waals surface area contributed by atoms with Crippen molar-refractivity contribution in [2.24, 2.45) is 0 Å². The zero-order valence-corrected chi connectivity index (χ0v) is 15.2. The molecule has 0 aliphatic carbocycles. The van der Waals surface area contributed by atoms with Crippen LogP contribution in [-0.2, 0) is 11.3 Å². The van der Waals surface area contributed by atoms with Crippen molar-refractivity contribution >= 4 is 17.5 Å². The third-order valence-corrected chi connectivity index (χ3v) is 3.70. The van der Waals surface area contributed by atoms with Crippen LogP contribution in [0.15, 0.2) is 36.4 Å². The molecular formula is C19H22O4S. The average Bonchev–Trinajstić information content (AvgIpc) is 2.56. The molecule has 2 aromatic carbocycles. The van der Waals surface area contributed by atoms with Gasteiger partial charge in [-0.2, -0.15) is 0 Å². The molecule has 0 aliphatic rings. The maximum Gasteiger partial charge on any atom is 0.357 e. The summed E-state index contributed by atoms with van der Waals surface area (Å²) in [5.41, 5.74) is 3.07. The monoisotopic (exact) mass is 346 g/mol. The number of rotatable bonds is 6. The number of hydrogen-bond donors (Lipinski definition) is 0. The first kappa shape index (κ1) is 18.1. The summed E-state index contributed by atoms with van der Waals surface area (Å²) in [5.74, 6) is 2.10. The molecule has 0 N–H and O–H groups in total. The summed E-state index contributed by atoms with van der Waals surface area (Å²) in [6.07, 6.45) is 0. The fourth-order valence-corrected chi connectivity index (χ4v) is 2.41. The van der Waals surface area contributed by atoms with Crippen LogP contribution in [-0.4, -0.2) is 19.0 Å². The zero-order valence-electron chi connectivity index (χ0n) is 14.4. The van der Waals surface area contributed by atoms with E-state index in [9.17, 15) is 0 Å². The van der Waals surface area contributed by atoms with Gasteiger partial charge in [0.2, 0.25) is 0 Å². The molecular weight excluding hydrogens is 324 g/mol. The Morgan fingerprint density at radius 3 is 2.42 bits per heavy atom. The lowest BCUT2D eigenvalue weighted by atomic mass is 10.1. The Morgan fingerprint density at radius 2 is 1.75 bits per heavy atom. The zero-order chi connectivity index (χ0) is 17.5. The van der Waals surface area contributed by atoms with Crippen LogP contribution in [0.3, 0.4) is 0 Å². The van der Waals surface area contributed by atoms with Crippen molar-refractivity contribution in [3.8, 4) is 17.2 Å². The molecule has 4 nitrogen and oxygen atoms in total. The molecule has 0 saturated carbocycles. The van der Waals surface area contributed by atoms with Gasteiger partial charge in [0.25, 0.3) is 0 Å². The summed E-state index contributed by atoms with van der Waals surface area (Å²) in [6.45, 7) is 6.87. The van der Waals surface area contributed by atoms with E-state index in [0.29, 0.717) is 24.7 Å². The number of benzene rings is 2. The highest BCUT2D eigenvalue weighted by Crippen LogP contribution is 2.31. The molecule has 24 heavy (non-hydrogen) atoms. The van der Waals surface area contributed by atoms with E-state index in [2.05, 4.69) is 13.0 Å². The largest absolute Gasteiger partial charge is 0.493 e. The lowest BCUT2D eigenvalue weighted by Crippen LogP contribution is -2.11. The first-order valence-electron chi connectivity index (χ1n) is 7.75. The predicted octanol–water partition coefficient (Wildman–Crippen LogP) is 4.59. The smallest absolute Gasteiger partial charge is 0.357 e. The molecule has 0 heterocycles. The minimum absolute atomic E-state index is 0.0522. The molecule has 0 aromatic heterocycles. The van der Waals surface area contributed by atoms with Gasteiger partial charge in [-0.15, -0.1) is 0 Å². The van der Waals surface area contributed by atoms with Crippen molar-refractivity contribution in [1.29, 1.82) is 0 Å². The van der Waals surface area contributed by atoms with E-state index >= 15 is 0 Å². The van der Waals surface area contributed by atoms with E-state index in [1.54, 1.807) is 0 Å². The summed E-state index contributed by atoms with van der Waals surface area (Å²) >= 11 is 4.99. The van der Waals surface area contributed by atoms with E-state index in [1.807, 2.05) is 44.2 Å². The summed E-state index contributed by atoms with van der Waals surface area (Å²) in [5, 5.41) is 0.0522. The highest BCUT2D eigenvalue weighted by Gasteiger charge is 2.14. The van der Waals surface area contributed by atoms with Gasteiger partial charge in [0, 0.05) is 12.2 Å². The van der Waals surface area contributed by atoms with Gasteiger partial charge >= 0.3 is 5.24 Å². The van der Waals surface area contributed by atoms with Crippen LogP contribution in [0.2, 0.25) is 0 Å². The molecule has 0 spiro atoms. The SMILES string of the molecule is CCOc1cccc(OC(=S)OC)c1COc1ccc(C)cc1C. The lowest BCUT2D eigenvalue weighted by molar-refractivity contribution is 0.272. The maximum atomic E-state index is 5.98. The summed E-state index contributed by atoms with van der Waals surface area (Å²) < 4.78 is 22.2. The van der Waals surface area contributed by atoms with Crippen LogP contribution < -0.4 is 14.2 Å². The van der Waals surface area contributed by atoms with E-state index in [1.165, 1.54) is 12.7 Å². The molecule has 0 amide bonds. The highest BCUT2D eigenvalue weighted by molar-refractivity contribution is 7.79. The third-order valence-electron chi connectivity index (χ3n) is 3.45. The number of hydrogen-bond acceptors (Lipinski definition) is 5. The fourth-order valence-electron chi connectivity index (χ4n) is 2.32. The molecule has 0 bridgehead atoms. The molecule has 2 aromatic rings. The number of aryl methyl sites for hydroxylation is 2. The lowest BCUT2D eigenvalue weighted by Gasteiger charge is -2.16. The second kappa shape index (κ2) is 8.55. The Labute approximate surface area is 148 Å². The van der Waals surface area contributed by atoms with E-state index in [-0.39, 0.29) is 5.24 Å². The van der Waals surface area contributed by atoms with E-state index < -0.39 is 0 Å². The number of thiocarbonyl (C=S) groups is 1. The van der Waals surface area contributed by atoms with Crippen molar-refractivity contribution in [3.63, 3.8) is 0 Å². The number of methoxy groups -OCH3 is 1. The van der Waals surface area contributed by atoms with Crippen LogP contribution >= 0.6 is 12.2 Å². The Bertz CT molecular complexity index is 713. The first-order valence-corrected chi connectivity index (χ1v) is 8.16. The van der Waals surface area contributed by atoms with Gasteiger partial charge < -0.3 is 18.9 Å². The standard InChI is InChI=1S/C19H22O4S/c1-5-21-17-7-6-8-18(23-19(24)20-4)15(17)12-22-16-10-9-13(2)11-14(16)3/h6-11H,5,12H2,1-4H3. The van der Waals surface area contributed by atoms with Gasteiger partial charge in [0.05, 0.1) is 19.3 Å². The van der Waals surface area contributed by atoms with Crippen LogP contribution in [0.5, 0.6) is 17.2 Å². The summed E-state index contributed by atoms with van der Waals surface area (Å²) in [4.78, 5) is 0. The minimum atomic E-state index is 0.0522. The predicted molar refractivity (Wildman–Crippen MR) is 98.1 cm³/mol. The van der Waals surface area contributed by atoms with Gasteiger partial charge in [-0.05, 0) is 44.5 Å². The molecule has 0 fully saturated rings. The second-order valence-electron chi connectivity index (χ2n) is 5.28. The van der Waals surface area contributed by atoms with Gasteiger partial charge in [-0.3, -0.25) is 0 Å². The number of ether oxygens (including phenoxy) is 4. The maximum absolute atomic E-state index is 5.98. The fraction of sp³-hybridized carbons (Fsp3) is 0.316. The van der Waals surface area contributed by atoms with Crippen molar-refractivity contribution in [2.45, 2.75) is 27.4 Å². The average molecular weight is 346 g/mol. The third kappa shape index (κ3) is 4.61. The molecule has 5 heteroatoms. The van der Waals surface area contributed by atoms with Gasteiger partial charge in [0.1, 0.15) is 23.9 Å². The molecule has 0 aliphatic heterocycles. The van der Waals surface area contributed by atoms with Gasteiger partial charge in [-0.1, -0.05) is 23.8 Å². The molecule has 0 atom stereocenters. The topological polar surface area (TPSA) is 36.9 Å². The van der Waals surface area contributed by atoms with Crippen LogP contribution in [0, 0.1) is 13.8 Å². The van der Waals surface area contributed by atoms with Gasteiger partial charge in [-0.25, -0.2) is 0 Å². The Balaban J connectivity index is 2.26. The molecule has 0 unspecified atom stereocenters. The van der Waals surface area contributed by atoms with Crippen molar-refractivity contribution in [1.82, 2.24) is 0 Å². The van der Waals surface area contributed by atoms with Crippen LogP contribution in [0.25, 0.3) is 0 Å². The van der Waals surface area contributed by atoms with E-state index in [4.69, 9.17) is 31.2 Å². The normalized spacial score (nSPS) is 10.2. The van der Waals surface area contributed by atoms with Crippen molar-refractivity contribution < 1.29 is 18.9 Å². The highest BCUT2D eigenvalue weighted by atomic mass is 32.1. The Hall–Kier alpha value is -2.27. The molecule has 0 saturated heterocycles. The molecule has 128 valence electrons. The van der Waals surface area contributed by atoms with Gasteiger partial charge in [0.15, 0.2) is 0 Å². The van der Waals surface area contributed by atoms with Crippen molar-refractivity contribution in [3.05, 3.63) is 53.1 Å². The summed E-state index contributed by atoms with van der Waals surface area (Å²) in [7, 11) is 1.47. The first-order chi connectivity index (χ1) is 11.5. The summed E-state index contributed by atoms with van der Waals surface area (Å²) in [6, 6.07) is 11.6. The molecule has 2 rings (SSSR count). The Kier molecular flexibility index (Phi) is 6.44.